The topological polar surface area (TPSA) is 63.1 Å². The number of hydrogen-bond donors (Lipinski definition) is 1. The van der Waals surface area contributed by atoms with Crippen molar-refractivity contribution in [3.8, 4) is 11.3 Å². The van der Waals surface area contributed by atoms with E-state index in [0.717, 1.165) is 60.0 Å². The lowest BCUT2D eigenvalue weighted by Gasteiger charge is -2.32. The van der Waals surface area contributed by atoms with Gasteiger partial charge in [0.15, 0.2) is 0 Å². The summed E-state index contributed by atoms with van der Waals surface area (Å²) >= 11 is 0. The third kappa shape index (κ3) is 4.79. The maximum atomic E-state index is 13.3. The summed E-state index contributed by atoms with van der Waals surface area (Å²) in [5.41, 5.74) is 4.18. The summed E-state index contributed by atoms with van der Waals surface area (Å²) in [6, 6.07) is 9.85. The Hall–Kier alpha value is -2.73. The van der Waals surface area contributed by atoms with Gasteiger partial charge >= 0.3 is 0 Å². The fourth-order valence-corrected chi connectivity index (χ4v) is 4.41. The van der Waals surface area contributed by atoms with Gasteiger partial charge in [-0.25, -0.2) is 4.98 Å². The molecule has 1 unspecified atom stereocenters. The highest BCUT2D eigenvalue weighted by Crippen LogP contribution is 2.27. The summed E-state index contributed by atoms with van der Waals surface area (Å²) in [5, 5.41) is 8.65. The third-order valence-corrected chi connectivity index (χ3v) is 6.29. The van der Waals surface area contributed by atoms with Crippen molar-refractivity contribution in [3.63, 3.8) is 0 Å². The average Bonchev–Trinajstić information content (AvgIpc) is 3.15. The zero-order valence-electron chi connectivity index (χ0n) is 19.1. The van der Waals surface area contributed by atoms with Gasteiger partial charge in [-0.3, -0.25) is 9.48 Å². The molecular formula is C25H33N5O. The first kappa shape index (κ1) is 21.5. The van der Waals surface area contributed by atoms with Crippen molar-refractivity contribution < 1.29 is 4.79 Å². The summed E-state index contributed by atoms with van der Waals surface area (Å²) in [6.45, 7) is 12.4. The Balaban J connectivity index is 1.59. The lowest BCUT2D eigenvalue weighted by Crippen LogP contribution is -2.44. The molecule has 2 aromatic heterocycles. The molecule has 1 aliphatic rings. The van der Waals surface area contributed by atoms with E-state index in [9.17, 15) is 4.79 Å². The van der Waals surface area contributed by atoms with Crippen LogP contribution in [0.3, 0.4) is 0 Å². The van der Waals surface area contributed by atoms with Gasteiger partial charge in [-0.05, 0) is 64.8 Å². The van der Waals surface area contributed by atoms with E-state index in [1.807, 2.05) is 48.1 Å². The van der Waals surface area contributed by atoms with Gasteiger partial charge < -0.3 is 10.2 Å². The first-order valence-corrected chi connectivity index (χ1v) is 11.4. The van der Waals surface area contributed by atoms with Crippen molar-refractivity contribution in [2.24, 2.45) is 5.92 Å². The lowest BCUT2D eigenvalue weighted by atomic mass is 9.99. The number of amides is 1. The molecule has 1 fully saturated rings. The lowest BCUT2D eigenvalue weighted by molar-refractivity contribution is 0.0923. The number of para-hydroxylation sites is 1. The predicted molar refractivity (Wildman–Crippen MR) is 125 cm³/mol. The highest BCUT2D eigenvalue weighted by Gasteiger charge is 2.21. The number of nitrogens with one attached hydrogen (secondary N) is 1. The second-order valence-corrected chi connectivity index (χ2v) is 8.91. The Morgan fingerprint density at radius 3 is 2.71 bits per heavy atom. The van der Waals surface area contributed by atoms with Gasteiger partial charge in [0.25, 0.3) is 5.91 Å². The number of carbonyl (C=O) groups excluding carboxylic acids is 1. The summed E-state index contributed by atoms with van der Waals surface area (Å²) < 4.78 is 1.91. The molecule has 3 aromatic rings. The summed E-state index contributed by atoms with van der Waals surface area (Å²) in [5.74, 6) is 0.765. The Morgan fingerprint density at radius 1 is 1.26 bits per heavy atom. The average molecular weight is 420 g/mol. The molecule has 0 aliphatic carbocycles. The standard InChI is InChI=1S/C25H33N5O/c1-5-30-16-22(19(4)28-30)24-14-21(20-8-6-7-9-23(20)27-24)25(31)26-18(3)15-29-12-10-17(2)11-13-29/h6-9,14,16-18H,5,10-13,15H2,1-4H3,(H,26,31). The Morgan fingerprint density at radius 2 is 2.00 bits per heavy atom. The Bertz CT molecular complexity index is 1060. The van der Waals surface area contributed by atoms with Gasteiger partial charge in [0.05, 0.1) is 22.5 Å². The van der Waals surface area contributed by atoms with Crippen molar-refractivity contribution in [2.45, 2.75) is 53.1 Å². The number of piperidine rings is 1. The van der Waals surface area contributed by atoms with E-state index in [1.165, 1.54) is 12.8 Å². The number of hydrogen-bond acceptors (Lipinski definition) is 4. The van der Waals surface area contributed by atoms with Crippen molar-refractivity contribution >= 4 is 16.8 Å². The highest BCUT2D eigenvalue weighted by atomic mass is 16.1. The molecule has 1 atom stereocenters. The fourth-order valence-electron chi connectivity index (χ4n) is 4.41. The van der Waals surface area contributed by atoms with Crippen LogP contribution in [-0.2, 0) is 6.54 Å². The molecule has 0 spiro atoms. The van der Waals surface area contributed by atoms with Crippen LogP contribution in [-0.4, -0.2) is 51.2 Å². The van der Waals surface area contributed by atoms with Crippen molar-refractivity contribution in [1.29, 1.82) is 0 Å². The highest BCUT2D eigenvalue weighted by molar-refractivity contribution is 6.07. The molecule has 0 bridgehead atoms. The van der Waals surface area contributed by atoms with Crippen molar-refractivity contribution in [2.75, 3.05) is 19.6 Å². The zero-order valence-corrected chi connectivity index (χ0v) is 19.1. The van der Waals surface area contributed by atoms with E-state index in [2.05, 4.69) is 36.1 Å². The Labute approximate surface area is 184 Å². The largest absolute Gasteiger partial charge is 0.348 e. The predicted octanol–water partition coefficient (Wildman–Crippen LogP) is 4.28. The molecule has 6 nitrogen and oxygen atoms in total. The van der Waals surface area contributed by atoms with Crippen LogP contribution >= 0.6 is 0 Å². The molecule has 1 saturated heterocycles. The maximum Gasteiger partial charge on any atom is 0.252 e. The number of aryl methyl sites for hydroxylation is 2. The van der Waals surface area contributed by atoms with Crippen LogP contribution in [0.1, 0.15) is 49.7 Å². The second kappa shape index (κ2) is 9.18. The van der Waals surface area contributed by atoms with E-state index < -0.39 is 0 Å². The number of benzene rings is 1. The van der Waals surface area contributed by atoms with E-state index in [0.29, 0.717) is 5.56 Å². The molecule has 1 amide bonds. The van der Waals surface area contributed by atoms with E-state index in [4.69, 9.17) is 4.98 Å². The minimum atomic E-state index is -0.0433. The monoisotopic (exact) mass is 419 g/mol. The number of carbonyl (C=O) groups is 1. The molecule has 1 N–H and O–H groups in total. The molecule has 164 valence electrons. The first-order valence-electron chi connectivity index (χ1n) is 11.4. The molecule has 6 heteroatoms. The molecule has 0 radical (unpaired) electrons. The SMILES string of the molecule is CCn1cc(-c2cc(C(=O)NC(C)CN3CCC(C)CC3)c3ccccc3n2)c(C)n1. The van der Waals surface area contributed by atoms with Gasteiger partial charge in [-0.2, -0.15) is 5.10 Å². The van der Waals surface area contributed by atoms with Gasteiger partial charge in [0, 0.05) is 36.3 Å². The number of fused-ring (bicyclic) bond motifs is 1. The van der Waals surface area contributed by atoms with Crippen LogP contribution in [0, 0.1) is 12.8 Å². The van der Waals surface area contributed by atoms with Crippen molar-refractivity contribution in [3.05, 3.63) is 47.8 Å². The Kier molecular flexibility index (Phi) is 6.37. The third-order valence-electron chi connectivity index (χ3n) is 6.29. The molecule has 1 aromatic carbocycles. The molecule has 0 saturated carbocycles. The van der Waals surface area contributed by atoms with E-state index in [1.54, 1.807) is 0 Å². The number of pyridine rings is 1. The molecule has 31 heavy (non-hydrogen) atoms. The number of aromatic nitrogens is 3. The molecule has 3 heterocycles. The summed E-state index contributed by atoms with van der Waals surface area (Å²) in [6.07, 6.45) is 4.49. The molecule has 1 aliphatic heterocycles. The van der Waals surface area contributed by atoms with Crippen LogP contribution in [0.4, 0.5) is 0 Å². The molecular weight excluding hydrogens is 386 g/mol. The quantitative estimate of drug-likeness (QED) is 0.648. The minimum absolute atomic E-state index is 0.0433. The molecule has 4 rings (SSSR count). The van der Waals surface area contributed by atoms with Crippen LogP contribution in [0.5, 0.6) is 0 Å². The number of rotatable bonds is 6. The van der Waals surface area contributed by atoms with Gasteiger partial charge in [-0.15, -0.1) is 0 Å². The van der Waals surface area contributed by atoms with E-state index in [-0.39, 0.29) is 11.9 Å². The normalized spacial score (nSPS) is 16.5. The number of likely N-dealkylation sites (tertiary alicyclic amines) is 1. The smallest absolute Gasteiger partial charge is 0.252 e. The van der Waals surface area contributed by atoms with Crippen LogP contribution in [0.15, 0.2) is 36.5 Å². The fraction of sp³-hybridized carbons (Fsp3) is 0.480. The first-order chi connectivity index (χ1) is 14.9. The summed E-state index contributed by atoms with van der Waals surface area (Å²) in [7, 11) is 0. The van der Waals surface area contributed by atoms with Crippen LogP contribution in [0.2, 0.25) is 0 Å². The van der Waals surface area contributed by atoms with Crippen molar-refractivity contribution in [1.82, 2.24) is 25.0 Å². The maximum absolute atomic E-state index is 13.3. The van der Waals surface area contributed by atoms with Crippen LogP contribution < -0.4 is 5.32 Å². The second-order valence-electron chi connectivity index (χ2n) is 8.91. The van der Waals surface area contributed by atoms with Crippen LogP contribution in [0.25, 0.3) is 22.2 Å². The van der Waals surface area contributed by atoms with Gasteiger partial charge in [0.2, 0.25) is 0 Å². The van der Waals surface area contributed by atoms with Gasteiger partial charge in [0.1, 0.15) is 0 Å². The number of nitrogens with zero attached hydrogens (tertiary/aromatic N) is 4. The van der Waals surface area contributed by atoms with Gasteiger partial charge in [-0.1, -0.05) is 25.1 Å². The van der Waals surface area contributed by atoms with E-state index >= 15 is 0 Å². The zero-order chi connectivity index (χ0) is 22.0. The minimum Gasteiger partial charge on any atom is -0.348 e. The summed E-state index contributed by atoms with van der Waals surface area (Å²) in [4.78, 5) is 20.6.